The molecule has 0 amide bonds. The van der Waals surface area contributed by atoms with Crippen LogP contribution in [0.1, 0.15) is 44.9 Å². The summed E-state index contributed by atoms with van der Waals surface area (Å²) < 4.78 is 11.5. The Bertz CT molecular complexity index is 542. The topological polar surface area (TPSA) is 68.9 Å². The van der Waals surface area contributed by atoms with E-state index < -0.39 is 0 Å². The minimum absolute atomic E-state index is 0. The highest BCUT2D eigenvalue weighted by molar-refractivity contribution is 14.0. The first-order valence-corrected chi connectivity index (χ1v) is 8.58. The van der Waals surface area contributed by atoms with E-state index in [-0.39, 0.29) is 35.7 Å². The number of guanidine groups is 1. The van der Waals surface area contributed by atoms with Crippen molar-refractivity contribution in [3.05, 3.63) is 24.3 Å². The maximum Gasteiger partial charge on any atom is 0.193 e. The van der Waals surface area contributed by atoms with Gasteiger partial charge in [0.1, 0.15) is 5.75 Å². The zero-order chi connectivity index (χ0) is 16.1. The molecule has 1 atom stereocenters. The van der Waals surface area contributed by atoms with Gasteiger partial charge in [0.05, 0.1) is 25.4 Å². The maximum absolute atomic E-state index is 6.31. The zero-order valence-corrected chi connectivity index (χ0v) is 16.6. The number of rotatable bonds is 4. The van der Waals surface area contributed by atoms with Crippen LogP contribution in [0, 0.1) is 0 Å². The van der Waals surface area contributed by atoms with Gasteiger partial charge in [-0.05, 0) is 49.9 Å². The van der Waals surface area contributed by atoms with Crippen molar-refractivity contribution in [1.29, 1.82) is 0 Å². The summed E-state index contributed by atoms with van der Waals surface area (Å²) in [5.41, 5.74) is 7.03. The van der Waals surface area contributed by atoms with E-state index in [9.17, 15) is 0 Å². The van der Waals surface area contributed by atoms with E-state index in [4.69, 9.17) is 15.2 Å². The van der Waals surface area contributed by atoms with Crippen molar-refractivity contribution >= 4 is 35.6 Å². The van der Waals surface area contributed by atoms with Crippen LogP contribution in [-0.4, -0.2) is 31.3 Å². The third-order valence-corrected chi connectivity index (χ3v) is 4.93. The Kier molecular flexibility index (Phi) is 7.16. The van der Waals surface area contributed by atoms with E-state index in [1.165, 1.54) is 38.5 Å². The zero-order valence-electron chi connectivity index (χ0n) is 14.3. The Balaban J connectivity index is 0.00000208. The first-order valence-electron chi connectivity index (χ1n) is 8.58. The summed E-state index contributed by atoms with van der Waals surface area (Å²) >= 11 is 0. The predicted molar refractivity (Wildman–Crippen MR) is 108 cm³/mol. The molecule has 24 heavy (non-hydrogen) atoms. The fourth-order valence-electron chi connectivity index (χ4n) is 3.65. The molecular weight excluding hydrogens is 417 g/mol. The van der Waals surface area contributed by atoms with Crippen LogP contribution in [0.5, 0.6) is 5.75 Å². The molecule has 3 rings (SSSR count). The van der Waals surface area contributed by atoms with Crippen LogP contribution in [0.25, 0.3) is 0 Å². The molecule has 1 saturated heterocycles. The lowest BCUT2D eigenvalue weighted by Crippen LogP contribution is -2.32. The van der Waals surface area contributed by atoms with E-state index >= 15 is 0 Å². The molecule has 3 N–H and O–H groups in total. The van der Waals surface area contributed by atoms with E-state index in [1.54, 1.807) is 7.11 Å². The number of aliphatic imine (C=N–C) groups is 1. The highest BCUT2D eigenvalue weighted by atomic mass is 127. The number of methoxy groups -OCH3 is 1. The third kappa shape index (κ3) is 4.99. The van der Waals surface area contributed by atoms with Gasteiger partial charge in [-0.2, -0.15) is 0 Å². The lowest BCUT2D eigenvalue weighted by molar-refractivity contribution is -0.0598. The van der Waals surface area contributed by atoms with Gasteiger partial charge in [0, 0.05) is 5.69 Å². The molecule has 2 fully saturated rings. The number of nitrogens with two attached hydrogens (primary N) is 1. The van der Waals surface area contributed by atoms with Crippen molar-refractivity contribution in [3.8, 4) is 5.75 Å². The lowest BCUT2D eigenvalue weighted by Gasteiger charge is -2.33. The molecule has 0 aromatic heterocycles. The molecule has 1 spiro atoms. The number of hydrogen-bond acceptors (Lipinski definition) is 3. The van der Waals surface area contributed by atoms with E-state index in [1.807, 2.05) is 24.3 Å². The molecule has 6 heteroatoms. The van der Waals surface area contributed by atoms with Crippen molar-refractivity contribution in [2.24, 2.45) is 10.7 Å². The number of ether oxygens (including phenoxy) is 2. The van der Waals surface area contributed by atoms with Gasteiger partial charge in [0.25, 0.3) is 0 Å². The Labute approximate surface area is 161 Å². The van der Waals surface area contributed by atoms with Crippen molar-refractivity contribution < 1.29 is 9.47 Å². The van der Waals surface area contributed by atoms with E-state index in [2.05, 4.69) is 10.3 Å². The van der Waals surface area contributed by atoms with Crippen LogP contribution in [0.4, 0.5) is 5.69 Å². The number of halogens is 1. The molecule has 134 valence electrons. The second-order valence-corrected chi connectivity index (χ2v) is 6.60. The van der Waals surface area contributed by atoms with Crippen LogP contribution in [0.15, 0.2) is 29.3 Å². The number of nitrogens with zero attached hydrogens (tertiary/aromatic N) is 1. The third-order valence-electron chi connectivity index (χ3n) is 4.93. The normalized spacial score (nSPS) is 22.9. The Morgan fingerprint density at radius 1 is 1.25 bits per heavy atom. The molecule has 1 aliphatic heterocycles. The van der Waals surface area contributed by atoms with E-state index in [0.717, 1.165) is 17.9 Å². The van der Waals surface area contributed by atoms with Gasteiger partial charge in [0.15, 0.2) is 5.96 Å². The molecule has 1 unspecified atom stereocenters. The monoisotopic (exact) mass is 445 g/mol. The Morgan fingerprint density at radius 2 is 1.96 bits per heavy atom. The van der Waals surface area contributed by atoms with Crippen LogP contribution in [0.2, 0.25) is 0 Å². The molecule has 1 heterocycles. The maximum atomic E-state index is 6.31. The molecule has 0 radical (unpaired) electrons. The van der Waals surface area contributed by atoms with Crippen molar-refractivity contribution in [2.45, 2.75) is 56.7 Å². The fourth-order valence-corrected chi connectivity index (χ4v) is 3.65. The second-order valence-electron chi connectivity index (χ2n) is 6.60. The van der Waals surface area contributed by atoms with Crippen LogP contribution in [0.3, 0.4) is 0 Å². The minimum Gasteiger partial charge on any atom is -0.497 e. The average molecular weight is 445 g/mol. The molecule has 1 saturated carbocycles. The lowest BCUT2D eigenvalue weighted by atomic mass is 9.83. The summed E-state index contributed by atoms with van der Waals surface area (Å²) in [4.78, 5) is 4.45. The molecule has 1 aliphatic carbocycles. The van der Waals surface area contributed by atoms with E-state index in [0.29, 0.717) is 12.5 Å². The minimum atomic E-state index is 0. The molecule has 1 aromatic rings. The van der Waals surface area contributed by atoms with Gasteiger partial charge in [-0.3, -0.25) is 4.99 Å². The fraction of sp³-hybridized carbons (Fsp3) is 0.611. The summed E-state index contributed by atoms with van der Waals surface area (Å²) in [6.45, 7) is 0.636. The largest absolute Gasteiger partial charge is 0.497 e. The van der Waals surface area contributed by atoms with Gasteiger partial charge in [-0.15, -0.1) is 24.0 Å². The molecular formula is C18H28IN3O2. The first-order chi connectivity index (χ1) is 11.2. The van der Waals surface area contributed by atoms with Crippen molar-refractivity contribution in [1.82, 2.24) is 0 Å². The standard InChI is InChI=1S/C18H27N3O2.HI/c1-22-15-7-5-14(6-8-15)21-17(19)20-13-16-9-12-18(23-16)10-3-2-4-11-18;/h5-8,16H,2-4,9-13H2,1H3,(H3,19,20,21);1H. The summed E-state index contributed by atoms with van der Waals surface area (Å²) in [6.07, 6.45) is 8.88. The number of anilines is 1. The second kappa shape index (κ2) is 8.89. The molecule has 2 aliphatic rings. The summed E-state index contributed by atoms with van der Waals surface area (Å²) in [6, 6.07) is 7.62. The highest BCUT2D eigenvalue weighted by Gasteiger charge is 2.40. The van der Waals surface area contributed by atoms with Crippen LogP contribution >= 0.6 is 24.0 Å². The Hall–Kier alpha value is -1.02. The van der Waals surface area contributed by atoms with Gasteiger partial charge in [-0.1, -0.05) is 19.3 Å². The molecule has 5 nitrogen and oxygen atoms in total. The van der Waals surface area contributed by atoms with Gasteiger partial charge in [0.2, 0.25) is 0 Å². The number of nitrogens with one attached hydrogen (secondary N) is 1. The van der Waals surface area contributed by atoms with Crippen LogP contribution in [-0.2, 0) is 4.74 Å². The predicted octanol–water partition coefficient (Wildman–Crippen LogP) is 3.92. The van der Waals surface area contributed by atoms with Crippen molar-refractivity contribution in [3.63, 3.8) is 0 Å². The number of benzene rings is 1. The van der Waals surface area contributed by atoms with Gasteiger partial charge in [-0.25, -0.2) is 0 Å². The molecule has 0 bridgehead atoms. The van der Waals surface area contributed by atoms with Gasteiger partial charge >= 0.3 is 0 Å². The highest BCUT2D eigenvalue weighted by Crippen LogP contribution is 2.41. The van der Waals surface area contributed by atoms with Crippen molar-refractivity contribution in [2.75, 3.05) is 19.0 Å². The smallest absolute Gasteiger partial charge is 0.193 e. The van der Waals surface area contributed by atoms with Crippen LogP contribution < -0.4 is 15.8 Å². The first kappa shape index (κ1) is 19.3. The number of hydrogen-bond donors (Lipinski definition) is 2. The summed E-state index contributed by atoms with van der Waals surface area (Å²) in [5, 5.41) is 3.10. The van der Waals surface area contributed by atoms with Gasteiger partial charge < -0.3 is 20.5 Å². The summed E-state index contributed by atoms with van der Waals surface area (Å²) in [7, 11) is 1.65. The Morgan fingerprint density at radius 3 is 2.62 bits per heavy atom. The summed E-state index contributed by atoms with van der Waals surface area (Å²) in [5.74, 6) is 1.26. The quantitative estimate of drug-likeness (QED) is 0.419. The molecule has 1 aromatic carbocycles. The SMILES string of the molecule is COc1ccc(NC(N)=NCC2CCC3(CCCCC3)O2)cc1.I. The average Bonchev–Trinajstić information content (AvgIpc) is 2.97.